The number of hydrogen-bond acceptors (Lipinski definition) is 4. The van der Waals surface area contributed by atoms with Crippen molar-refractivity contribution in [1.29, 1.82) is 0 Å². The van der Waals surface area contributed by atoms with Gasteiger partial charge < -0.3 is 20.4 Å². The predicted molar refractivity (Wildman–Crippen MR) is 86.9 cm³/mol. The third-order valence-electron chi connectivity index (χ3n) is 4.11. The van der Waals surface area contributed by atoms with Crippen LogP contribution in [0.2, 0.25) is 0 Å². The number of amides is 2. The highest BCUT2D eigenvalue weighted by Crippen LogP contribution is 2.19. The highest BCUT2D eigenvalue weighted by Gasteiger charge is 2.37. The molecule has 1 aromatic carbocycles. The number of benzene rings is 1. The third-order valence-corrected chi connectivity index (χ3v) is 4.11. The predicted octanol–water partition coefficient (Wildman–Crippen LogP) is 0.725. The summed E-state index contributed by atoms with van der Waals surface area (Å²) in [5.74, 6) is -3.26. The number of likely N-dealkylation sites (tertiary alicyclic amines) is 1. The average Bonchev–Trinajstić information content (AvgIpc) is 3.08. The van der Waals surface area contributed by atoms with E-state index in [1.54, 1.807) is 30.3 Å². The van der Waals surface area contributed by atoms with Crippen LogP contribution < -0.4 is 5.32 Å². The first kappa shape index (κ1) is 18.4. The molecule has 134 valence electrons. The van der Waals surface area contributed by atoms with E-state index in [2.05, 4.69) is 5.32 Å². The molecule has 25 heavy (non-hydrogen) atoms. The monoisotopic (exact) mass is 348 g/mol. The van der Waals surface area contributed by atoms with Crippen LogP contribution in [-0.2, 0) is 14.4 Å². The van der Waals surface area contributed by atoms with Crippen molar-refractivity contribution in [3.63, 3.8) is 0 Å². The Balaban J connectivity index is 2.14. The quantitative estimate of drug-likeness (QED) is 0.667. The molecule has 1 heterocycles. The number of rotatable bonds is 7. The van der Waals surface area contributed by atoms with Gasteiger partial charge >= 0.3 is 11.9 Å². The Morgan fingerprint density at radius 1 is 1.16 bits per heavy atom. The van der Waals surface area contributed by atoms with Crippen LogP contribution >= 0.6 is 0 Å². The minimum Gasteiger partial charge on any atom is -0.481 e. The first-order valence-corrected chi connectivity index (χ1v) is 8.01. The summed E-state index contributed by atoms with van der Waals surface area (Å²) in [6.45, 7) is 0.278. The van der Waals surface area contributed by atoms with Gasteiger partial charge in [0.15, 0.2) is 0 Å². The molecule has 1 aliphatic rings. The fourth-order valence-corrected chi connectivity index (χ4v) is 2.84. The van der Waals surface area contributed by atoms with Gasteiger partial charge in [0.1, 0.15) is 12.1 Å². The zero-order chi connectivity index (χ0) is 18.4. The average molecular weight is 348 g/mol. The Morgan fingerprint density at radius 2 is 1.84 bits per heavy atom. The molecular formula is C17H20N2O6. The maximum atomic E-state index is 12.7. The van der Waals surface area contributed by atoms with Gasteiger partial charge in [-0.05, 0) is 31.4 Å². The van der Waals surface area contributed by atoms with Crippen molar-refractivity contribution in [3.05, 3.63) is 35.9 Å². The van der Waals surface area contributed by atoms with E-state index in [1.807, 2.05) is 0 Å². The van der Waals surface area contributed by atoms with Gasteiger partial charge in [0.05, 0.1) is 0 Å². The summed E-state index contributed by atoms with van der Waals surface area (Å²) in [5, 5.41) is 20.6. The number of carboxylic acids is 2. The summed E-state index contributed by atoms with van der Waals surface area (Å²) in [4.78, 5) is 48.3. The van der Waals surface area contributed by atoms with Crippen molar-refractivity contribution < 1.29 is 29.4 Å². The number of nitrogens with one attached hydrogen (secondary N) is 1. The number of carbonyl (C=O) groups is 4. The largest absolute Gasteiger partial charge is 0.481 e. The number of aliphatic carboxylic acids is 2. The standard InChI is InChI=1S/C17H20N2O6/c20-14(21)9-8-12(18-15(22)11-5-2-1-3-6-11)16(23)19-10-4-7-13(19)17(24)25/h1-3,5-6,12-13H,4,7-10H2,(H,18,22)(H,20,21)(H,24,25)/t12-,13+/m1/s1. The molecule has 1 aromatic rings. The molecule has 1 saturated heterocycles. The maximum Gasteiger partial charge on any atom is 0.326 e. The van der Waals surface area contributed by atoms with E-state index >= 15 is 0 Å². The Labute approximate surface area is 144 Å². The van der Waals surface area contributed by atoms with Crippen molar-refractivity contribution in [2.45, 2.75) is 37.8 Å². The number of carboxylic acid groups (broad SMARTS) is 2. The molecule has 2 amide bonds. The van der Waals surface area contributed by atoms with Gasteiger partial charge in [0, 0.05) is 18.5 Å². The number of carbonyl (C=O) groups excluding carboxylic acids is 2. The molecule has 0 aromatic heterocycles. The number of nitrogens with zero attached hydrogens (tertiary/aromatic N) is 1. The second-order valence-electron chi connectivity index (χ2n) is 5.85. The van der Waals surface area contributed by atoms with Crippen LogP contribution in [0.1, 0.15) is 36.0 Å². The molecule has 1 fully saturated rings. The van der Waals surface area contributed by atoms with Gasteiger partial charge in [0.2, 0.25) is 5.91 Å². The molecule has 3 N–H and O–H groups in total. The lowest BCUT2D eigenvalue weighted by Crippen LogP contribution is -2.51. The minimum absolute atomic E-state index is 0.102. The van der Waals surface area contributed by atoms with Crippen LogP contribution in [0, 0.1) is 0 Å². The van der Waals surface area contributed by atoms with E-state index in [0.717, 1.165) is 0 Å². The molecule has 0 bridgehead atoms. The van der Waals surface area contributed by atoms with Gasteiger partial charge in [-0.1, -0.05) is 18.2 Å². The van der Waals surface area contributed by atoms with Crippen LogP contribution in [-0.4, -0.2) is 57.5 Å². The summed E-state index contributed by atoms with van der Waals surface area (Å²) < 4.78 is 0. The lowest BCUT2D eigenvalue weighted by molar-refractivity contribution is -0.149. The fraction of sp³-hybridized carbons (Fsp3) is 0.412. The van der Waals surface area contributed by atoms with Crippen LogP contribution in [0.25, 0.3) is 0 Å². The van der Waals surface area contributed by atoms with Crippen molar-refractivity contribution in [2.24, 2.45) is 0 Å². The van der Waals surface area contributed by atoms with Crippen molar-refractivity contribution in [2.75, 3.05) is 6.54 Å². The molecule has 2 rings (SSSR count). The van der Waals surface area contributed by atoms with E-state index in [9.17, 15) is 24.3 Å². The van der Waals surface area contributed by atoms with Crippen LogP contribution in [0.15, 0.2) is 30.3 Å². The summed E-state index contributed by atoms with van der Waals surface area (Å²) in [6, 6.07) is 6.21. The zero-order valence-electron chi connectivity index (χ0n) is 13.6. The molecule has 0 saturated carbocycles. The molecule has 0 spiro atoms. The highest BCUT2D eigenvalue weighted by molar-refractivity contribution is 5.98. The van der Waals surface area contributed by atoms with Crippen LogP contribution in [0.3, 0.4) is 0 Å². The van der Waals surface area contributed by atoms with Crippen molar-refractivity contribution >= 4 is 23.8 Å². The molecule has 0 unspecified atom stereocenters. The molecule has 8 nitrogen and oxygen atoms in total. The Hall–Kier alpha value is -2.90. The van der Waals surface area contributed by atoms with Crippen LogP contribution in [0.4, 0.5) is 0 Å². The summed E-state index contributed by atoms with van der Waals surface area (Å²) >= 11 is 0. The fourth-order valence-electron chi connectivity index (χ4n) is 2.84. The topological polar surface area (TPSA) is 124 Å². The van der Waals surface area contributed by atoms with E-state index in [1.165, 1.54) is 4.90 Å². The lowest BCUT2D eigenvalue weighted by Gasteiger charge is -2.27. The first-order chi connectivity index (χ1) is 11.9. The van der Waals surface area contributed by atoms with Gasteiger partial charge in [0.25, 0.3) is 5.91 Å². The molecule has 8 heteroatoms. The summed E-state index contributed by atoms with van der Waals surface area (Å²) in [5.41, 5.74) is 0.340. The summed E-state index contributed by atoms with van der Waals surface area (Å²) in [7, 11) is 0. The first-order valence-electron chi connectivity index (χ1n) is 8.01. The number of hydrogen-bond donors (Lipinski definition) is 3. The Morgan fingerprint density at radius 3 is 2.44 bits per heavy atom. The smallest absolute Gasteiger partial charge is 0.326 e. The van der Waals surface area contributed by atoms with Gasteiger partial charge in [-0.2, -0.15) is 0 Å². The van der Waals surface area contributed by atoms with Gasteiger partial charge in [-0.25, -0.2) is 4.79 Å². The van der Waals surface area contributed by atoms with E-state index in [-0.39, 0.29) is 19.4 Å². The normalized spacial score (nSPS) is 17.8. The molecule has 0 aliphatic carbocycles. The SMILES string of the molecule is O=C(O)CC[C@@H](NC(=O)c1ccccc1)C(=O)N1CCC[C@H]1C(=O)O. The Bertz CT molecular complexity index is 660. The van der Waals surface area contributed by atoms with Gasteiger partial charge in [-0.3, -0.25) is 14.4 Å². The zero-order valence-corrected chi connectivity index (χ0v) is 13.6. The van der Waals surface area contributed by atoms with E-state index < -0.39 is 35.8 Å². The Kier molecular flexibility index (Phi) is 6.10. The molecule has 1 aliphatic heterocycles. The molecule has 2 atom stereocenters. The van der Waals surface area contributed by atoms with Gasteiger partial charge in [-0.15, -0.1) is 0 Å². The second kappa shape index (κ2) is 8.27. The molecular weight excluding hydrogens is 328 g/mol. The lowest BCUT2D eigenvalue weighted by atomic mass is 10.1. The van der Waals surface area contributed by atoms with Crippen LogP contribution in [0.5, 0.6) is 0 Å². The maximum absolute atomic E-state index is 12.7. The van der Waals surface area contributed by atoms with Crippen molar-refractivity contribution in [1.82, 2.24) is 10.2 Å². The molecule has 0 radical (unpaired) electrons. The minimum atomic E-state index is -1.10. The third kappa shape index (κ3) is 4.79. The van der Waals surface area contributed by atoms with Crippen molar-refractivity contribution in [3.8, 4) is 0 Å². The van der Waals surface area contributed by atoms with E-state index in [4.69, 9.17) is 5.11 Å². The second-order valence-corrected chi connectivity index (χ2v) is 5.85. The summed E-state index contributed by atoms with van der Waals surface area (Å²) in [6.07, 6.45) is 0.493. The van der Waals surface area contributed by atoms with E-state index in [0.29, 0.717) is 18.4 Å². The highest BCUT2D eigenvalue weighted by atomic mass is 16.4.